The van der Waals surface area contributed by atoms with E-state index in [9.17, 15) is 5.26 Å². The van der Waals surface area contributed by atoms with Crippen LogP contribution in [0.4, 0.5) is 17.1 Å². The summed E-state index contributed by atoms with van der Waals surface area (Å²) < 4.78 is 0. The number of nitriles is 1. The Balaban J connectivity index is 1.61. The van der Waals surface area contributed by atoms with Gasteiger partial charge in [-0.15, -0.1) is 0 Å². The first kappa shape index (κ1) is 29.5. The van der Waals surface area contributed by atoms with E-state index in [1.165, 1.54) is 16.5 Å². The van der Waals surface area contributed by atoms with E-state index in [1.807, 2.05) is 36.5 Å². The Kier molecular flexibility index (Phi) is 9.82. The molecule has 0 N–H and O–H groups in total. The first-order valence-electron chi connectivity index (χ1n) is 15.3. The Labute approximate surface area is 256 Å². The highest BCUT2D eigenvalue weighted by Gasteiger charge is 2.22. The van der Waals surface area contributed by atoms with Gasteiger partial charge in [0.15, 0.2) is 0 Å². The SMILES string of the molecule is C=C(C1=C(C(CC)N=C/C=C\CCC)C=CCC1)c1ccc(N(c2ccccc2)c2ccc(C#N)cc2)c2ccccc12. The highest BCUT2D eigenvalue weighted by molar-refractivity contribution is 6.05. The molecule has 0 amide bonds. The fourth-order valence-corrected chi connectivity index (χ4v) is 5.80. The van der Waals surface area contributed by atoms with Gasteiger partial charge in [0, 0.05) is 23.0 Å². The van der Waals surface area contributed by atoms with Crippen LogP contribution >= 0.6 is 0 Å². The number of benzene rings is 4. The van der Waals surface area contributed by atoms with Gasteiger partial charge in [-0.1, -0.05) is 93.6 Å². The number of allylic oxidation sites excluding steroid dienone is 5. The number of anilines is 3. The lowest BCUT2D eigenvalue weighted by atomic mass is 9.83. The van der Waals surface area contributed by atoms with Crippen molar-refractivity contribution >= 4 is 39.6 Å². The third-order valence-electron chi connectivity index (χ3n) is 8.00. The molecule has 4 aromatic carbocycles. The maximum absolute atomic E-state index is 9.38. The predicted octanol–water partition coefficient (Wildman–Crippen LogP) is 11.0. The molecule has 0 bridgehead atoms. The van der Waals surface area contributed by atoms with E-state index in [0.29, 0.717) is 5.56 Å². The second-order valence-corrected chi connectivity index (χ2v) is 10.8. The van der Waals surface area contributed by atoms with Crippen LogP contribution in [0.3, 0.4) is 0 Å². The van der Waals surface area contributed by atoms with Crippen molar-refractivity contribution in [3.63, 3.8) is 0 Å². The van der Waals surface area contributed by atoms with Gasteiger partial charge in [0.25, 0.3) is 0 Å². The number of hydrogen-bond donors (Lipinski definition) is 0. The minimum Gasteiger partial charge on any atom is -0.310 e. The lowest BCUT2D eigenvalue weighted by Gasteiger charge is -2.28. The average molecular weight is 562 g/mol. The van der Waals surface area contributed by atoms with Crippen molar-refractivity contribution in [1.29, 1.82) is 5.26 Å². The average Bonchev–Trinajstić information content (AvgIpc) is 3.07. The predicted molar refractivity (Wildman–Crippen MR) is 184 cm³/mol. The van der Waals surface area contributed by atoms with Gasteiger partial charge in [-0.3, -0.25) is 4.99 Å². The summed E-state index contributed by atoms with van der Waals surface area (Å²) in [6, 6.07) is 33.5. The molecule has 0 saturated carbocycles. The van der Waals surface area contributed by atoms with Gasteiger partial charge in [-0.2, -0.15) is 5.26 Å². The van der Waals surface area contributed by atoms with Crippen molar-refractivity contribution in [2.75, 3.05) is 4.90 Å². The second kappa shape index (κ2) is 14.3. The number of nitrogens with zero attached hydrogens (tertiary/aromatic N) is 3. The topological polar surface area (TPSA) is 39.4 Å². The van der Waals surface area contributed by atoms with Crippen molar-refractivity contribution < 1.29 is 0 Å². The molecule has 1 atom stereocenters. The lowest BCUT2D eigenvalue weighted by molar-refractivity contribution is 0.743. The summed E-state index contributed by atoms with van der Waals surface area (Å²) in [5, 5.41) is 11.7. The van der Waals surface area contributed by atoms with Gasteiger partial charge < -0.3 is 4.90 Å². The fourth-order valence-electron chi connectivity index (χ4n) is 5.80. The second-order valence-electron chi connectivity index (χ2n) is 10.8. The Morgan fingerprint density at radius 1 is 0.930 bits per heavy atom. The Morgan fingerprint density at radius 2 is 1.65 bits per heavy atom. The Bertz CT molecular complexity index is 1730. The van der Waals surface area contributed by atoms with Crippen LogP contribution in [0.2, 0.25) is 0 Å². The minimum absolute atomic E-state index is 0.102. The van der Waals surface area contributed by atoms with E-state index < -0.39 is 0 Å². The molecule has 3 heteroatoms. The molecule has 1 aliphatic rings. The minimum atomic E-state index is 0.102. The third kappa shape index (κ3) is 6.60. The van der Waals surface area contributed by atoms with Crippen molar-refractivity contribution in [3.05, 3.63) is 144 Å². The van der Waals surface area contributed by atoms with E-state index in [-0.39, 0.29) is 6.04 Å². The number of hydrogen-bond acceptors (Lipinski definition) is 3. The van der Waals surface area contributed by atoms with Gasteiger partial charge in [-0.25, -0.2) is 0 Å². The van der Waals surface area contributed by atoms with E-state index in [2.05, 4.69) is 110 Å². The van der Waals surface area contributed by atoms with E-state index in [0.717, 1.165) is 65.7 Å². The number of para-hydroxylation sites is 1. The standard InChI is InChI=1S/C40H39N3/c1-4-6-7-15-28-42-39(5-2)37-20-13-11-18-34(37)30(3)35-26-27-40(38-21-14-12-19-36(35)38)43(32-16-9-8-10-17-32)33-24-22-31(29-41)23-25-33/h7-10,12-17,19-28,39H,3-6,11,18H2,1-2H3/b15-7-,42-28?. The number of unbranched alkanes of at least 4 members (excludes halogenated alkanes) is 1. The maximum atomic E-state index is 9.38. The highest BCUT2D eigenvalue weighted by Crippen LogP contribution is 2.43. The zero-order valence-electron chi connectivity index (χ0n) is 25.2. The normalized spacial score (nSPS) is 14.0. The van der Waals surface area contributed by atoms with E-state index in [1.54, 1.807) is 0 Å². The zero-order valence-corrected chi connectivity index (χ0v) is 25.2. The van der Waals surface area contributed by atoms with E-state index >= 15 is 0 Å². The molecule has 0 radical (unpaired) electrons. The maximum Gasteiger partial charge on any atom is 0.0991 e. The molecule has 0 aliphatic heterocycles. The summed E-state index contributed by atoms with van der Waals surface area (Å²) in [4.78, 5) is 7.22. The van der Waals surface area contributed by atoms with Crippen LogP contribution in [0.5, 0.6) is 0 Å². The molecule has 5 rings (SSSR count). The van der Waals surface area contributed by atoms with Crippen LogP contribution in [-0.4, -0.2) is 12.3 Å². The fraction of sp³-hybridized carbons (Fsp3) is 0.200. The summed E-state index contributed by atoms with van der Waals surface area (Å²) in [6.45, 7) is 9.09. The molecular formula is C40H39N3. The third-order valence-corrected chi connectivity index (χ3v) is 8.00. The van der Waals surface area contributed by atoms with Gasteiger partial charge in [0.1, 0.15) is 0 Å². The quantitative estimate of drug-likeness (QED) is 0.171. The molecule has 0 spiro atoms. The van der Waals surface area contributed by atoms with Crippen LogP contribution in [-0.2, 0) is 0 Å². The molecular weight excluding hydrogens is 522 g/mol. The van der Waals surface area contributed by atoms with Gasteiger partial charge in [-0.05, 0) is 102 Å². The molecule has 43 heavy (non-hydrogen) atoms. The van der Waals surface area contributed by atoms with Crippen LogP contribution in [0.15, 0.2) is 138 Å². The van der Waals surface area contributed by atoms with Crippen molar-refractivity contribution in [2.45, 2.75) is 52.0 Å². The first-order valence-corrected chi connectivity index (χ1v) is 15.3. The molecule has 1 unspecified atom stereocenters. The van der Waals surface area contributed by atoms with Crippen molar-refractivity contribution in [3.8, 4) is 6.07 Å². The summed E-state index contributed by atoms with van der Waals surface area (Å²) in [5.74, 6) is 0. The molecule has 3 nitrogen and oxygen atoms in total. The number of aliphatic imine (C=N–C) groups is 1. The summed E-state index contributed by atoms with van der Waals surface area (Å²) in [7, 11) is 0. The Morgan fingerprint density at radius 3 is 2.37 bits per heavy atom. The summed E-state index contributed by atoms with van der Waals surface area (Å²) >= 11 is 0. The molecule has 0 fully saturated rings. The summed E-state index contributed by atoms with van der Waals surface area (Å²) in [6.07, 6.45) is 15.9. The van der Waals surface area contributed by atoms with Crippen LogP contribution in [0, 0.1) is 11.3 Å². The first-order chi connectivity index (χ1) is 21.2. The smallest absolute Gasteiger partial charge is 0.0991 e. The number of fused-ring (bicyclic) bond motifs is 1. The van der Waals surface area contributed by atoms with Gasteiger partial charge >= 0.3 is 0 Å². The Hall–Kier alpha value is -4.94. The van der Waals surface area contributed by atoms with Crippen LogP contribution in [0.25, 0.3) is 16.3 Å². The van der Waals surface area contributed by atoms with Gasteiger partial charge in [0.05, 0.1) is 23.4 Å². The van der Waals surface area contributed by atoms with Gasteiger partial charge in [0.2, 0.25) is 0 Å². The molecule has 0 saturated heterocycles. The lowest BCUT2D eigenvalue weighted by Crippen LogP contribution is -2.12. The van der Waals surface area contributed by atoms with Crippen LogP contribution in [0.1, 0.15) is 57.1 Å². The summed E-state index contributed by atoms with van der Waals surface area (Å²) in [5.41, 5.74) is 8.58. The molecule has 1 aliphatic carbocycles. The monoisotopic (exact) mass is 561 g/mol. The van der Waals surface area contributed by atoms with Crippen molar-refractivity contribution in [1.82, 2.24) is 0 Å². The molecule has 4 aromatic rings. The van der Waals surface area contributed by atoms with E-state index in [4.69, 9.17) is 11.6 Å². The molecule has 0 aromatic heterocycles. The molecule has 0 heterocycles. The zero-order chi connectivity index (χ0) is 30.0. The van der Waals surface area contributed by atoms with Crippen LogP contribution < -0.4 is 4.90 Å². The molecule has 214 valence electrons. The largest absolute Gasteiger partial charge is 0.310 e. The highest BCUT2D eigenvalue weighted by atomic mass is 15.1. The number of rotatable bonds is 11. The van der Waals surface area contributed by atoms with Crippen molar-refractivity contribution in [2.24, 2.45) is 4.99 Å².